The van der Waals surface area contributed by atoms with Gasteiger partial charge in [-0.1, -0.05) is 13.8 Å². The van der Waals surface area contributed by atoms with E-state index >= 15 is 0 Å². The molecule has 22 heavy (non-hydrogen) atoms. The fourth-order valence-corrected chi connectivity index (χ4v) is 2.28. The van der Waals surface area contributed by atoms with Crippen LogP contribution < -0.4 is 0 Å². The van der Waals surface area contributed by atoms with Crippen molar-refractivity contribution < 1.29 is 9.53 Å². The Morgan fingerprint density at radius 2 is 2.05 bits per heavy atom. The minimum atomic E-state index is 0.0396. The molecule has 0 radical (unpaired) electrons. The van der Waals surface area contributed by atoms with Gasteiger partial charge in [0.15, 0.2) is 0 Å². The minimum absolute atomic E-state index is 0.0396. The van der Waals surface area contributed by atoms with Crippen LogP contribution in [0.25, 0.3) is 5.69 Å². The Kier molecular flexibility index (Phi) is 5.72. The number of hydrogen-bond donors (Lipinski definition) is 0. The Morgan fingerprint density at radius 3 is 2.59 bits per heavy atom. The van der Waals surface area contributed by atoms with Gasteiger partial charge in [0.25, 0.3) is 5.91 Å². The lowest BCUT2D eigenvalue weighted by molar-refractivity contribution is 0.0672. The fraction of sp³-hybridized carbons (Fsp3) is 0.412. The molecule has 5 nitrogen and oxygen atoms in total. The van der Waals surface area contributed by atoms with Gasteiger partial charge in [-0.25, -0.2) is 4.68 Å². The average Bonchev–Trinajstić information content (AvgIpc) is 3.05. The van der Waals surface area contributed by atoms with E-state index in [-0.39, 0.29) is 5.91 Å². The number of amides is 1. The molecule has 0 bridgehead atoms. The Hall–Kier alpha value is -2.14. The van der Waals surface area contributed by atoms with E-state index < -0.39 is 0 Å². The van der Waals surface area contributed by atoms with Crippen LogP contribution >= 0.6 is 0 Å². The first-order valence-corrected chi connectivity index (χ1v) is 7.50. The molecule has 5 heteroatoms. The van der Waals surface area contributed by atoms with E-state index in [9.17, 15) is 4.79 Å². The van der Waals surface area contributed by atoms with E-state index in [0.29, 0.717) is 24.6 Å². The Morgan fingerprint density at radius 1 is 1.32 bits per heavy atom. The first-order valence-electron chi connectivity index (χ1n) is 7.50. The van der Waals surface area contributed by atoms with Crippen molar-refractivity contribution in [2.75, 3.05) is 26.8 Å². The lowest BCUT2D eigenvalue weighted by Gasteiger charge is -2.24. The van der Waals surface area contributed by atoms with E-state index in [2.05, 4.69) is 18.9 Å². The number of aromatic nitrogens is 2. The standard InChI is InChI=1S/C17H23N3O2/c1-14(2)13-19(11-12-22-3)17(21)15-5-7-16(8-6-15)20-10-4-9-18-20/h4-10,14H,11-13H2,1-3H3. The molecule has 0 saturated carbocycles. The number of nitrogens with zero attached hydrogens (tertiary/aromatic N) is 3. The maximum absolute atomic E-state index is 12.6. The molecule has 1 heterocycles. The highest BCUT2D eigenvalue weighted by atomic mass is 16.5. The topological polar surface area (TPSA) is 47.4 Å². The van der Waals surface area contributed by atoms with Crippen molar-refractivity contribution in [3.05, 3.63) is 48.3 Å². The van der Waals surface area contributed by atoms with Crippen molar-refractivity contribution in [1.29, 1.82) is 0 Å². The number of carbonyl (C=O) groups is 1. The second-order valence-corrected chi connectivity index (χ2v) is 5.64. The summed E-state index contributed by atoms with van der Waals surface area (Å²) in [5.74, 6) is 0.460. The van der Waals surface area contributed by atoms with Crippen LogP contribution in [0.3, 0.4) is 0 Å². The summed E-state index contributed by atoms with van der Waals surface area (Å²) in [6.07, 6.45) is 3.61. The first-order chi connectivity index (χ1) is 10.6. The lowest BCUT2D eigenvalue weighted by Crippen LogP contribution is -2.36. The molecule has 0 saturated heterocycles. The highest BCUT2D eigenvalue weighted by molar-refractivity contribution is 5.94. The van der Waals surface area contributed by atoms with Crippen molar-refractivity contribution in [3.63, 3.8) is 0 Å². The van der Waals surface area contributed by atoms with Gasteiger partial charge in [-0.3, -0.25) is 4.79 Å². The van der Waals surface area contributed by atoms with Crippen molar-refractivity contribution in [3.8, 4) is 5.69 Å². The number of rotatable bonds is 7. The summed E-state index contributed by atoms with van der Waals surface area (Å²) in [4.78, 5) is 14.5. The van der Waals surface area contributed by atoms with Gasteiger partial charge >= 0.3 is 0 Å². The molecule has 2 aromatic rings. The summed E-state index contributed by atoms with van der Waals surface area (Å²) >= 11 is 0. The van der Waals surface area contributed by atoms with Crippen LogP contribution in [-0.4, -0.2) is 47.4 Å². The van der Waals surface area contributed by atoms with Gasteiger partial charge in [0.2, 0.25) is 0 Å². The van der Waals surface area contributed by atoms with Crippen molar-refractivity contribution in [2.24, 2.45) is 5.92 Å². The fourth-order valence-electron chi connectivity index (χ4n) is 2.28. The third-order valence-corrected chi connectivity index (χ3v) is 3.32. The van der Waals surface area contributed by atoms with Crippen molar-refractivity contribution in [1.82, 2.24) is 14.7 Å². The Balaban J connectivity index is 2.12. The van der Waals surface area contributed by atoms with Crippen molar-refractivity contribution in [2.45, 2.75) is 13.8 Å². The molecule has 0 spiro atoms. The molecule has 1 aromatic heterocycles. The summed E-state index contributed by atoms with van der Waals surface area (Å²) in [6, 6.07) is 9.38. The van der Waals surface area contributed by atoms with Gasteiger partial charge in [-0.2, -0.15) is 5.10 Å². The van der Waals surface area contributed by atoms with E-state index in [0.717, 1.165) is 12.2 Å². The third kappa shape index (κ3) is 4.18. The van der Waals surface area contributed by atoms with Crippen LogP contribution in [0.5, 0.6) is 0 Å². The predicted molar refractivity (Wildman–Crippen MR) is 86.2 cm³/mol. The van der Waals surface area contributed by atoms with E-state index in [1.54, 1.807) is 18.0 Å². The first kappa shape index (κ1) is 16.2. The van der Waals surface area contributed by atoms with E-state index in [1.165, 1.54) is 0 Å². The highest BCUT2D eigenvalue weighted by Crippen LogP contribution is 2.12. The molecule has 0 fully saturated rings. The van der Waals surface area contributed by atoms with Crippen LogP contribution in [-0.2, 0) is 4.74 Å². The SMILES string of the molecule is COCCN(CC(C)C)C(=O)c1ccc(-n2cccn2)cc1. The quantitative estimate of drug-likeness (QED) is 0.790. The molecule has 1 aromatic carbocycles. The summed E-state index contributed by atoms with van der Waals surface area (Å²) in [6.45, 7) is 6.09. The van der Waals surface area contributed by atoms with Crippen LogP contribution in [0.1, 0.15) is 24.2 Å². The molecule has 1 amide bonds. The number of methoxy groups -OCH3 is 1. The summed E-state index contributed by atoms with van der Waals surface area (Å²) in [7, 11) is 1.65. The van der Waals surface area contributed by atoms with Gasteiger partial charge in [0, 0.05) is 38.2 Å². The smallest absolute Gasteiger partial charge is 0.253 e. The average molecular weight is 301 g/mol. The second-order valence-electron chi connectivity index (χ2n) is 5.64. The molecule has 0 aliphatic heterocycles. The number of benzene rings is 1. The summed E-state index contributed by atoms with van der Waals surface area (Å²) in [5, 5.41) is 4.18. The van der Waals surface area contributed by atoms with Crippen LogP contribution in [0, 0.1) is 5.92 Å². The van der Waals surface area contributed by atoms with Gasteiger partial charge in [0.1, 0.15) is 0 Å². The van der Waals surface area contributed by atoms with Crippen LogP contribution in [0.15, 0.2) is 42.7 Å². The molecular weight excluding hydrogens is 278 g/mol. The zero-order chi connectivity index (χ0) is 15.9. The monoisotopic (exact) mass is 301 g/mol. The van der Waals surface area contributed by atoms with Gasteiger partial charge in [-0.05, 0) is 36.2 Å². The number of hydrogen-bond acceptors (Lipinski definition) is 3. The van der Waals surface area contributed by atoms with E-state index in [1.807, 2.05) is 41.4 Å². The Labute approximate surface area is 131 Å². The zero-order valence-electron chi connectivity index (χ0n) is 13.4. The summed E-state index contributed by atoms with van der Waals surface area (Å²) in [5.41, 5.74) is 1.63. The van der Waals surface area contributed by atoms with Crippen LogP contribution in [0.4, 0.5) is 0 Å². The second kappa shape index (κ2) is 7.75. The summed E-state index contributed by atoms with van der Waals surface area (Å²) < 4.78 is 6.87. The molecule has 0 aliphatic carbocycles. The highest BCUT2D eigenvalue weighted by Gasteiger charge is 2.16. The Bertz CT molecular complexity index is 576. The van der Waals surface area contributed by atoms with Gasteiger partial charge < -0.3 is 9.64 Å². The molecule has 0 N–H and O–H groups in total. The number of carbonyl (C=O) groups excluding carboxylic acids is 1. The maximum Gasteiger partial charge on any atom is 0.253 e. The molecular formula is C17H23N3O2. The van der Waals surface area contributed by atoms with Gasteiger partial charge in [0.05, 0.1) is 12.3 Å². The predicted octanol–water partition coefficient (Wildman–Crippen LogP) is 2.62. The third-order valence-electron chi connectivity index (χ3n) is 3.32. The minimum Gasteiger partial charge on any atom is -0.383 e. The molecule has 0 aliphatic rings. The van der Waals surface area contributed by atoms with Crippen molar-refractivity contribution >= 4 is 5.91 Å². The zero-order valence-corrected chi connectivity index (χ0v) is 13.4. The largest absolute Gasteiger partial charge is 0.383 e. The molecule has 0 unspecified atom stereocenters. The number of ether oxygens (including phenoxy) is 1. The maximum atomic E-state index is 12.6. The lowest BCUT2D eigenvalue weighted by atomic mass is 10.1. The molecule has 118 valence electrons. The molecule has 2 rings (SSSR count). The normalized spacial score (nSPS) is 10.9. The van der Waals surface area contributed by atoms with Crippen LogP contribution in [0.2, 0.25) is 0 Å². The van der Waals surface area contributed by atoms with Gasteiger partial charge in [-0.15, -0.1) is 0 Å². The van der Waals surface area contributed by atoms with E-state index in [4.69, 9.17) is 4.74 Å². The molecule has 0 atom stereocenters.